The van der Waals surface area contributed by atoms with E-state index in [1.165, 1.54) is 0 Å². The van der Waals surface area contributed by atoms with E-state index in [9.17, 15) is 14.7 Å². The maximum Gasteiger partial charge on any atom is 0.309 e. The van der Waals surface area contributed by atoms with E-state index in [2.05, 4.69) is 5.16 Å². The van der Waals surface area contributed by atoms with Crippen LogP contribution in [-0.2, 0) is 9.53 Å². The third-order valence-electron chi connectivity index (χ3n) is 5.37. The molecule has 1 amide bonds. The van der Waals surface area contributed by atoms with Gasteiger partial charge in [0.25, 0.3) is 5.91 Å². The van der Waals surface area contributed by atoms with Crippen LogP contribution in [0.3, 0.4) is 0 Å². The average Bonchev–Trinajstić information content (AvgIpc) is 3.21. The second kappa shape index (κ2) is 7.15. The fourth-order valence-corrected chi connectivity index (χ4v) is 3.97. The van der Waals surface area contributed by atoms with E-state index in [0.717, 1.165) is 12.8 Å². The zero-order valence-corrected chi connectivity index (χ0v) is 15.0. The molecule has 2 aliphatic heterocycles. The molecule has 2 aliphatic rings. The Bertz CT molecular complexity index is 646. The number of likely N-dealkylation sites (tertiary alicyclic amines) is 1. The summed E-state index contributed by atoms with van der Waals surface area (Å²) in [5, 5.41) is 13.3. The third kappa shape index (κ3) is 3.42. The molecule has 0 saturated carbocycles. The number of hydrogen-bond acceptors (Lipinski definition) is 5. The highest BCUT2D eigenvalue weighted by Crippen LogP contribution is 2.34. The molecule has 2 atom stereocenters. The summed E-state index contributed by atoms with van der Waals surface area (Å²) in [5.74, 6) is -0.304. The lowest BCUT2D eigenvalue weighted by Gasteiger charge is -2.35. The molecule has 0 aromatic carbocycles. The van der Waals surface area contributed by atoms with E-state index in [1.54, 1.807) is 6.92 Å². The molecule has 0 spiro atoms. The van der Waals surface area contributed by atoms with Gasteiger partial charge in [0.2, 0.25) is 0 Å². The first-order valence-electron chi connectivity index (χ1n) is 9.00. The summed E-state index contributed by atoms with van der Waals surface area (Å²) in [6, 6.07) is 0. The van der Waals surface area contributed by atoms with Gasteiger partial charge >= 0.3 is 5.97 Å². The molecule has 0 aliphatic carbocycles. The number of aromatic nitrogens is 1. The number of carbonyl (C=O) groups is 2. The van der Waals surface area contributed by atoms with Crippen molar-refractivity contribution in [2.24, 2.45) is 11.8 Å². The monoisotopic (exact) mass is 350 g/mol. The van der Waals surface area contributed by atoms with Crippen LogP contribution in [0.1, 0.15) is 60.8 Å². The highest BCUT2D eigenvalue weighted by atomic mass is 16.5. The van der Waals surface area contributed by atoms with Crippen molar-refractivity contribution in [3.05, 3.63) is 17.0 Å². The van der Waals surface area contributed by atoms with Crippen LogP contribution in [-0.4, -0.2) is 52.8 Å². The van der Waals surface area contributed by atoms with Gasteiger partial charge in [-0.25, -0.2) is 0 Å². The first-order chi connectivity index (χ1) is 11.9. The van der Waals surface area contributed by atoms with E-state index in [4.69, 9.17) is 9.26 Å². The summed E-state index contributed by atoms with van der Waals surface area (Å²) in [6.07, 6.45) is 1.89. The van der Waals surface area contributed by atoms with Gasteiger partial charge in [0.05, 0.1) is 17.7 Å². The summed E-state index contributed by atoms with van der Waals surface area (Å²) in [6.45, 7) is 7.48. The lowest BCUT2D eigenvalue weighted by molar-refractivity contribution is -0.145. The summed E-state index contributed by atoms with van der Waals surface area (Å²) in [7, 11) is 0. The van der Waals surface area contributed by atoms with Gasteiger partial charge in [0, 0.05) is 25.6 Å². The van der Waals surface area contributed by atoms with Crippen molar-refractivity contribution in [3.63, 3.8) is 0 Å². The van der Waals surface area contributed by atoms with Crippen molar-refractivity contribution in [2.75, 3.05) is 19.7 Å². The molecule has 2 fully saturated rings. The largest absolute Gasteiger partial charge is 0.481 e. The lowest BCUT2D eigenvalue weighted by Crippen LogP contribution is -2.43. The smallest absolute Gasteiger partial charge is 0.309 e. The molecule has 1 aromatic heterocycles. The third-order valence-corrected chi connectivity index (χ3v) is 5.37. The first-order valence-corrected chi connectivity index (χ1v) is 9.00. The second-order valence-electron chi connectivity index (χ2n) is 7.36. The number of carbonyl (C=O) groups excluding carboxylic acids is 1. The van der Waals surface area contributed by atoms with E-state index in [-0.39, 0.29) is 23.8 Å². The van der Waals surface area contributed by atoms with Crippen molar-refractivity contribution >= 4 is 11.9 Å². The van der Waals surface area contributed by atoms with E-state index in [1.807, 2.05) is 18.7 Å². The van der Waals surface area contributed by atoms with Crippen LogP contribution in [0.4, 0.5) is 0 Å². The number of nitrogens with zero attached hydrogens (tertiary/aromatic N) is 2. The maximum atomic E-state index is 12.9. The molecule has 7 heteroatoms. The van der Waals surface area contributed by atoms with Gasteiger partial charge in [0.15, 0.2) is 5.76 Å². The van der Waals surface area contributed by atoms with Crippen LogP contribution in [0.2, 0.25) is 0 Å². The van der Waals surface area contributed by atoms with Gasteiger partial charge in [-0.3, -0.25) is 9.59 Å². The normalized spacial score (nSPS) is 24.9. The molecule has 3 rings (SSSR count). The van der Waals surface area contributed by atoms with Crippen molar-refractivity contribution in [1.82, 2.24) is 10.1 Å². The number of aryl methyl sites for hydroxylation is 1. The van der Waals surface area contributed by atoms with Crippen LogP contribution in [0.15, 0.2) is 4.52 Å². The van der Waals surface area contributed by atoms with Crippen LogP contribution in [0.5, 0.6) is 0 Å². The predicted molar refractivity (Wildman–Crippen MR) is 89.4 cm³/mol. The van der Waals surface area contributed by atoms with Gasteiger partial charge in [-0.1, -0.05) is 19.0 Å². The Kier molecular flexibility index (Phi) is 5.13. The Morgan fingerprint density at radius 1 is 1.24 bits per heavy atom. The standard InChI is InChI=1S/C18H26N2O5/c1-10(2)15-14(11(3)19-25-15)17(21)20-7-4-12(5-8-20)16-13(18(22)23)6-9-24-16/h10,12-13,16H,4-9H2,1-3H3,(H,22,23)/t13?,16-/m0/s1. The summed E-state index contributed by atoms with van der Waals surface area (Å²) in [5.41, 5.74) is 1.20. The number of hydrogen-bond donors (Lipinski definition) is 1. The molecule has 0 bridgehead atoms. The Hall–Kier alpha value is -1.89. The molecule has 1 unspecified atom stereocenters. The quantitative estimate of drug-likeness (QED) is 0.896. The number of rotatable bonds is 4. The van der Waals surface area contributed by atoms with Crippen molar-refractivity contribution in [1.29, 1.82) is 0 Å². The van der Waals surface area contributed by atoms with Crippen LogP contribution >= 0.6 is 0 Å². The molecule has 1 aromatic rings. The number of ether oxygens (including phenoxy) is 1. The van der Waals surface area contributed by atoms with Gasteiger partial charge in [-0.15, -0.1) is 0 Å². The molecular weight excluding hydrogens is 324 g/mol. The Balaban J connectivity index is 1.66. The van der Waals surface area contributed by atoms with Gasteiger partial charge in [0.1, 0.15) is 5.56 Å². The molecule has 7 nitrogen and oxygen atoms in total. The van der Waals surface area contributed by atoms with Crippen LogP contribution in [0, 0.1) is 18.8 Å². The summed E-state index contributed by atoms with van der Waals surface area (Å²) >= 11 is 0. The highest BCUT2D eigenvalue weighted by Gasteiger charge is 2.41. The first kappa shape index (κ1) is 17.9. The number of aliphatic carboxylic acids is 1. The zero-order chi connectivity index (χ0) is 18.1. The number of carboxylic acids is 1. The van der Waals surface area contributed by atoms with Gasteiger partial charge in [-0.2, -0.15) is 0 Å². The van der Waals surface area contributed by atoms with E-state index < -0.39 is 11.9 Å². The van der Waals surface area contributed by atoms with Gasteiger partial charge < -0.3 is 19.3 Å². The predicted octanol–water partition coefficient (Wildman–Crippen LogP) is 2.45. The zero-order valence-electron chi connectivity index (χ0n) is 15.0. The van der Waals surface area contributed by atoms with E-state index in [0.29, 0.717) is 43.1 Å². The molecular formula is C18H26N2O5. The van der Waals surface area contributed by atoms with Crippen molar-refractivity contribution < 1.29 is 24.0 Å². The number of carboxylic acid groups (broad SMARTS) is 1. The molecule has 1 N–H and O–H groups in total. The summed E-state index contributed by atoms with van der Waals surface area (Å²) < 4.78 is 11.0. The molecule has 138 valence electrons. The van der Waals surface area contributed by atoms with Crippen LogP contribution < -0.4 is 0 Å². The minimum atomic E-state index is -0.775. The number of amides is 1. The molecule has 25 heavy (non-hydrogen) atoms. The minimum absolute atomic E-state index is 0.0389. The van der Waals surface area contributed by atoms with Crippen LogP contribution in [0.25, 0.3) is 0 Å². The molecule has 2 saturated heterocycles. The maximum absolute atomic E-state index is 12.9. The van der Waals surface area contributed by atoms with Crippen molar-refractivity contribution in [2.45, 2.75) is 52.1 Å². The van der Waals surface area contributed by atoms with Crippen molar-refractivity contribution in [3.8, 4) is 0 Å². The average molecular weight is 350 g/mol. The SMILES string of the molecule is Cc1noc(C(C)C)c1C(=O)N1CCC([C@@H]2OCCC2C(=O)O)CC1. The number of piperidine rings is 1. The Morgan fingerprint density at radius 2 is 1.92 bits per heavy atom. The Labute approximate surface area is 147 Å². The fraction of sp³-hybridized carbons (Fsp3) is 0.722. The minimum Gasteiger partial charge on any atom is -0.481 e. The molecule has 3 heterocycles. The topological polar surface area (TPSA) is 92.9 Å². The van der Waals surface area contributed by atoms with E-state index >= 15 is 0 Å². The Morgan fingerprint density at radius 3 is 2.52 bits per heavy atom. The fourth-order valence-electron chi connectivity index (χ4n) is 3.97. The summed E-state index contributed by atoms with van der Waals surface area (Å²) in [4.78, 5) is 26.1. The highest BCUT2D eigenvalue weighted by molar-refractivity contribution is 5.96. The molecule has 0 radical (unpaired) electrons. The lowest BCUT2D eigenvalue weighted by atomic mass is 9.84. The van der Waals surface area contributed by atoms with Gasteiger partial charge in [-0.05, 0) is 32.1 Å². The second-order valence-corrected chi connectivity index (χ2v) is 7.36.